The topological polar surface area (TPSA) is 113 Å². The normalized spacial score (nSPS) is 15.3. The van der Waals surface area contributed by atoms with Crippen molar-refractivity contribution in [3.8, 4) is 0 Å². The lowest BCUT2D eigenvalue weighted by atomic mass is 10.0. The first-order valence-electron chi connectivity index (χ1n) is 6.74. The first kappa shape index (κ1) is 19.0. The lowest BCUT2D eigenvalue weighted by Crippen LogP contribution is -2.48. The van der Waals surface area contributed by atoms with Crippen molar-refractivity contribution in [3.05, 3.63) is 29.8 Å². The Labute approximate surface area is 133 Å². The fourth-order valence-electron chi connectivity index (χ4n) is 1.83. The maximum atomic E-state index is 13.1. The van der Waals surface area contributed by atoms with Crippen LogP contribution in [0.3, 0.4) is 0 Å². The Morgan fingerprint density at radius 2 is 1.91 bits per heavy atom. The molecule has 3 atom stereocenters. The molecule has 0 aromatic heterocycles. The molecule has 0 saturated heterocycles. The Kier molecular flexibility index (Phi) is 6.64. The first-order valence-corrected chi connectivity index (χ1v) is 8.64. The second-order valence-electron chi connectivity index (χ2n) is 5.06. The summed E-state index contributed by atoms with van der Waals surface area (Å²) in [7, 11) is -3.37. The summed E-state index contributed by atoms with van der Waals surface area (Å²) < 4.78 is 35.9. The molecule has 7 nitrogen and oxygen atoms in total. The van der Waals surface area contributed by atoms with Crippen LogP contribution < -0.4 is 10.6 Å². The Balaban J connectivity index is 2.86. The van der Waals surface area contributed by atoms with Crippen molar-refractivity contribution in [2.75, 3.05) is 12.9 Å². The molecule has 23 heavy (non-hydrogen) atoms. The number of amides is 2. The largest absolute Gasteiger partial charge is 0.386 e. The molecule has 0 aliphatic carbocycles. The van der Waals surface area contributed by atoms with E-state index in [2.05, 4.69) is 10.6 Å². The Morgan fingerprint density at radius 3 is 2.35 bits per heavy atom. The van der Waals surface area contributed by atoms with Gasteiger partial charge in [0.15, 0.2) is 9.84 Å². The third-order valence-corrected chi connectivity index (χ3v) is 4.36. The standard InChI is InChI=1S/C14H19FN2O5S/c1-9(16-8-18)14(20)17-12(7-15)13(19)10-3-5-11(6-4-10)23(2,21)22/h3-6,8-9,12-13,19H,7H2,1-2H3,(H,16,18)(H,17,20)/t9?,12-,13-/m1/s1. The Morgan fingerprint density at radius 1 is 1.35 bits per heavy atom. The SMILES string of the molecule is CC(NC=O)C(=O)N[C@H](CF)[C@H](O)c1ccc(S(C)(=O)=O)cc1. The van der Waals surface area contributed by atoms with Crippen LogP contribution in [-0.2, 0) is 19.4 Å². The number of nitrogens with one attached hydrogen (secondary N) is 2. The number of aliphatic hydroxyl groups is 1. The summed E-state index contributed by atoms with van der Waals surface area (Å²) in [6, 6.07) is 3.19. The minimum Gasteiger partial charge on any atom is -0.386 e. The minimum atomic E-state index is -3.37. The van der Waals surface area contributed by atoms with Gasteiger partial charge in [0.2, 0.25) is 12.3 Å². The molecule has 128 valence electrons. The van der Waals surface area contributed by atoms with E-state index in [0.29, 0.717) is 6.41 Å². The predicted octanol–water partition coefficient (Wildman–Crippen LogP) is -0.288. The van der Waals surface area contributed by atoms with E-state index < -0.39 is 40.6 Å². The second-order valence-corrected chi connectivity index (χ2v) is 7.08. The fraction of sp³-hybridized carbons (Fsp3) is 0.429. The van der Waals surface area contributed by atoms with Gasteiger partial charge in [-0.3, -0.25) is 9.59 Å². The zero-order valence-electron chi connectivity index (χ0n) is 12.7. The van der Waals surface area contributed by atoms with Crippen LogP contribution in [0.5, 0.6) is 0 Å². The van der Waals surface area contributed by atoms with Crippen molar-refractivity contribution < 1.29 is 27.5 Å². The number of halogens is 1. The van der Waals surface area contributed by atoms with Gasteiger partial charge < -0.3 is 15.7 Å². The van der Waals surface area contributed by atoms with Gasteiger partial charge in [0.05, 0.1) is 10.9 Å². The second kappa shape index (κ2) is 8.02. The lowest BCUT2D eigenvalue weighted by molar-refractivity contribution is -0.126. The molecule has 1 rings (SSSR count). The van der Waals surface area contributed by atoms with Crippen molar-refractivity contribution in [2.24, 2.45) is 0 Å². The van der Waals surface area contributed by atoms with Crippen LogP contribution >= 0.6 is 0 Å². The highest BCUT2D eigenvalue weighted by atomic mass is 32.2. The third-order valence-electron chi connectivity index (χ3n) is 3.24. The summed E-state index contributed by atoms with van der Waals surface area (Å²) in [5, 5.41) is 14.6. The molecule has 3 N–H and O–H groups in total. The summed E-state index contributed by atoms with van der Waals surface area (Å²) in [5.74, 6) is -0.647. The van der Waals surface area contributed by atoms with Gasteiger partial charge in [0, 0.05) is 6.26 Å². The van der Waals surface area contributed by atoms with Gasteiger partial charge in [-0.05, 0) is 24.6 Å². The van der Waals surface area contributed by atoms with Gasteiger partial charge in [0.1, 0.15) is 18.8 Å². The zero-order valence-corrected chi connectivity index (χ0v) is 13.5. The predicted molar refractivity (Wildman–Crippen MR) is 81.1 cm³/mol. The number of hydrogen-bond donors (Lipinski definition) is 3. The quantitative estimate of drug-likeness (QED) is 0.560. The Hall–Kier alpha value is -2.00. The lowest BCUT2D eigenvalue weighted by Gasteiger charge is -2.23. The van der Waals surface area contributed by atoms with Crippen LogP contribution in [0, 0.1) is 0 Å². The molecular formula is C14H19FN2O5S. The van der Waals surface area contributed by atoms with Gasteiger partial charge in [-0.2, -0.15) is 0 Å². The van der Waals surface area contributed by atoms with E-state index in [1.165, 1.54) is 31.2 Å². The average Bonchev–Trinajstić information content (AvgIpc) is 2.51. The van der Waals surface area contributed by atoms with Crippen LogP contribution in [0.15, 0.2) is 29.2 Å². The maximum absolute atomic E-state index is 13.1. The average molecular weight is 346 g/mol. The number of sulfone groups is 1. The summed E-state index contributed by atoms with van der Waals surface area (Å²) in [5.41, 5.74) is 0.261. The van der Waals surface area contributed by atoms with Gasteiger partial charge in [-0.15, -0.1) is 0 Å². The molecule has 0 aliphatic rings. The smallest absolute Gasteiger partial charge is 0.242 e. The van der Waals surface area contributed by atoms with E-state index in [4.69, 9.17) is 0 Å². The molecule has 9 heteroatoms. The number of aliphatic hydroxyl groups excluding tert-OH is 1. The zero-order chi connectivity index (χ0) is 17.6. The van der Waals surface area contributed by atoms with Crippen LogP contribution in [0.1, 0.15) is 18.6 Å². The minimum absolute atomic E-state index is 0.0677. The molecular weight excluding hydrogens is 327 g/mol. The van der Waals surface area contributed by atoms with Gasteiger partial charge in [-0.1, -0.05) is 12.1 Å². The van der Waals surface area contributed by atoms with Gasteiger partial charge >= 0.3 is 0 Å². The van der Waals surface area contributed by atoms with E-state index in [1.54, 1.807) is 0 Å². The number of carbonyl (C=O) groups excluding carboxylic acids is 2. The van der Waals surface area contributed by atoms with E-state index in [1.807, 2.05) is 0 Å². The van der Waals surface area contributed by atoms with Crippen LogP contribution in [0.4, 0.5) is 4.39 Å². The van der Waals surface area contributed by atoms with E-state index in [-0.39, 0.29) is 10.5 Å². The summed E-state index contributed by atoms with van der Waals surface area (Å²) >= 11 is 0. The van der Waals surface area contributed by atoms with Crippen molar-refractivity contribution in [2.45, 2.75) is 30.0 Å². The monoisotopic (exact) mass is 346 g/mol. The number of carbonyl (C=O) groups is 2. The van der Waals surface area contributed by atoms with Crippen molar-refractivity contribution in [1.82, 2.24) is 10.6 Å². The molecule has 0 radical (unpaired) electrons. The highest BCUT2D eigenvalue weighted by molar-refractivity contribution is 7.90. The van der Waals surface area contributed by atoms with Crippen LogP contribution in [0.25, 0.3) is 0 Å². The fourth-order valence-corrected chi connectivity index (χ4v) is 2.46. The molecule has 0 bridgehead atoms. The first-order chi connectivity index (χ1) is 10.7. The molecule has 0 aliphatic heterocycles. The van der Waals surface area contributed by atoms with E-state index >= 15 is 0 Å². The Bertz CT molecular complexity index is 648. The highest BCUT2D eigenvalue weighted by Crippen LogP contribution is 2.20. The van der Waals surface area contributed by atoms with Gasteiger partial charge in [-0.25, -0.2) is 12.8 Å². The van der Waals surface area contributed by atoms with Crippen molar-refractivity contribution in [3.63, 3.8) is 0 Å². The van der Waals surface area contributed by atoms with E-state index in [0.717, 1.165) is 6.26 Å². The van der Waals surface area contributed by atoms with Gasteiger partial charge in [0.25, 0.3) is 0 Å². The summed E-state index contributed by atoms with van der Waals surface area (Å²) in [4.78, 5) is 22.1. The van der Waals surface area contributed by atoms with Crippen LogP contribution in [0.2, 0.25) is 0 Å². The molecule has 1 unspecified atom stereocenters. The summed E-state index contributed by atoms with van der Waals surface area (Å²) in [6.07, 6.45) is 0.0282. The number of alkyl halides is 1. The molecule has 0 fully saturated rings. The highest BCUT2D eigenvalue weighted by Gasteiger charge is 2.25. The molecule has 0 saturated carbocycles. The molecule has 1 aromatic carbocycles. The molecule has 0 heterocycles. The van der Waals surface area contributed by atoms with Crippen LogP contribution in [-0.4, -0.2) is 50.9 Å². The number of rotatable bonds is 8. The molecule has 0 spiro atoms. The number of benzene rings is 1. The number of hydrogen-bond acceptors (Lipinski definition) is 5. The molecule has 1 aromatic rings. The third kappa shape index (κ3) is 5.29. The van der Waals surface area contributed by atoms with E-state index in [9.17, 15) is 27.5 Å². The summed E-state index contributed by atoms with van der Waals surface area (Å²) in [6.45, 7) is 0.376. The van der Waals surface area contributed by atoms with Crippen molar-refractivity contribution in [1.29, 1.82) is 0 Å². The molecule has 2 amide bonds. The van der Waals surface area contributed by atoms with Crippen molar-refractivity contribution >= 4 is 22.2 Å². The maximum Gasteiger partial charge on any atom is 0.242 e.